The monoisotopic (exact) mass is 324 g/mol. The third-order valence-electron chi connectivity index (χ3n) is 3.21. The van der Waals surface area contributed by atoms with Crippen molar-refractivity contribution >= 4 is 21.9 Å². The van der Waals surface area contributed by atoms with Crippen molar-refractivity contribution in [2.75, 3.05) is 0 Å². The normalized spacial score (nSPS) is 14.9. The van der Waals surface area contributed by atoms with Crippen LogP contribution in [0.25, 0.3) is 11.1 Å². The molecule has 1 aliphatic carbocycles. The summed E-state index contributed by atoms with van der Waals surface area (Å²) in [7, 11) is 0. The molecule has 2 aromatic carbocycles. The minimum absolute atomic E-state index is 0.0978. The number of halogens is 3. The highest BCUT2D eigenvalue weighted by atomic mass is 79.9. The smallest absolute Gasteiger partial charge is 0.335 e. The van der Waals surface area contributed by atoms with E-state index >= 15 is 0 Å². The van der Waals surface area contributed by atoms with Crippen molar-refractivity contribution in [1.82, 2.24) is 0 Å². The van der Waals surface area contributed by atoms with Crippen molar-refractivity contribution in [3.63, 3.8) is 0 Å². The Bertz CT molecular complexity index is 711. The van der Waals surface area contributed by atoms with Gasteiger partial charge in [-0.3, -0.25) is 0 Å². The number of hydrogen-bond acceptors (Lipinski definition) is 1. The fourth-order valence-corrected chi connectivity index (χ4v) is 2.69. The van der Waals surface area contributed by atoms with Gasteiger partial charge in [0.1, 0.15) is 0 Å². The van der Waals surface area contributed by atoms with Crippen LogP contribution in [0, 0.1) is 0 Å². The second-order valence-electron chi connectivity index (χ2n) is 4.33. The van der Waals surface area contributed by atoms with Gasteiger partial charge in [0.25, 0.3) is 5.92 Å². The average Bonchev–Trinajstić information content (AvgIpc) is 2.58. The first-order valence-corrected chi connectivity index (χ1v) is 6.26. The highest BCUT2D eigenvalue weighted by Gasteiger charge is 2.44. The van der Waals surface area contributed by atoms with E-state index in [2.05, 4.69) is 15.9 Å². The number of benzene rings is 2. The molecule has 1 aliphatic rings. The number of fused-ring (bicyclic) bond motifs is 3. The number of carboxylic acids is 1. The lowest BCUT2D eigenvalue weighted by molar-refractivity contribution is 0.0478. The van der Waals surface area contributed by atoms with Gasteiger partial charge in [0.15, 0.2) is 0 Å². The van der Waals surface area contributed by atoms with Gasteiger partial charge in [-0.05, 0) is 35.4 Å². The number of carbonyl (C=O) groups is 1. The second-order valence-corrected chi connectivity index (χ2v) is 5.25. The molecule has 96 valence electrons. The molecule has 0 atom stereocenters. The van der Waals surface area contributed by atoms with Gasteiger partial charge in [-0.15, -0.1) is 0 Å². The molecule has 0 saturated heterocycles. The largest absolute Gasteiger partial charge is 0.478 e. The van der Waals surface area contributed by atoms with Crippen molar-refractivity contribution in [2.24, 2.45) is 0 Å². The summed E-state index contributed by atoms with van der Waals surface area (Å²) in [5.41, 5.74) is 0.350. The van der Waals surface area contributed by atoms with Crippen LogP contribution < -0.4 is 0 Å². The summed E-state index contributed by atoms with van der Waals surface area (Å²) in [5.74, 6) is -4.38. The molecule has 2 aromatic rings. The van der Waals surface area contributed by atoms with Crippen LogP contribution >= 0.6 is 15.9 Å². The number of rotatable bonds is 1. The molecule has 0 amide bonds. The first-order valence-electron chi connectivity index (χ1n) is 5.47. The van der Waals surface area contributed by atoms with E-state index in [9.17, 15) is 13.6 Å². The molecule has 0 saturated carbocycles. The SMILES string of the molecule is O=C(O)c1ccc2c(c1)C(F)(F)c1cc(Br)ccc1-2. The van der Waals surface area contributed by atoms with Gasteiger partial charge in [0.2, 0.25) is 0 Å². The maximum absolute atomic E-state index is 14.3. The lowest BCUT2D eigenvalue weighted by Gasteiger charge is -2.12. The van der Waals surface area contributed by atoms with Crippen LogP contribution in [-0.2, 0) is 5.92 Å². The molecule has 3 rings (SSSR count). The first-order chi connectivity index (χ1) is 8.91. The molecule has 0 bridgehead atoms. The van der Waals surface area contributed by atoms with Crippen LogP contribution in [0.15, 0.2) is 40.9 Å². The highest BCUT2D eigenvalue weighted by Crippen LogP contribution is 2.51. The van der Waals surface area contributed by atoms with E-state index in [1.54, 1.807) is 12.1 Å². The fourth-order valence-electron chi connectivity index (χ4n) is 2.33. The maximum atomic E-state index is 14.3. The molecule has 0 radical (unpaired) electrons. The van der Waals surface area contributed by atoms with Gasteiger partial charge in [-0.1, -0.05) is 28.1 Å². The molecular weight excluding hydrogens is 318 g/mol. The maximum Gasteiger partial charge on any atom is 0.335 e. The van der Waals surface area contributed by atoms with Gasteiger partial charge < -0.3 is 5.11 Å². The molecule has 0 aliphatic heterocycles. The molecule has 0 fully saturated rings. The first kappa shape index (κ1) is 12.3. The van der Waals surface area contributed by atoms with E-state index in [0.717, 1.165) is 6.07 Å². The summed E-state index contributed by atoms with van der Waals surface area (Å²) in [6, 6.07) is 8.50. The predicted molar refractivity (Wildman–Crippen MR) is 69.5 cm³/mol. The lowest BCUT2D eigenvalue weighted by Crippen LogP contribution is -2.12. The molecule has 0 spiro atoms. The van der Waals surface area contributed by atoms with Crippen molar-refractivity contribution < 1.29 is 18.7 Å². The zero-order valence-corrected chi connectivity index (χ0v) is 11.0. The van der Waals surface area contributed by atoms with Crippen LogP contribution in [0.4, 0.5) is 8.78 Å². The summed E-state index contributed by atoms with van der Waals surface area (Å²) in [6.07, 6.45) is 0. The van der Waals surface area contributed by atoms with E-state index in [0.29, 0.717) is 15.6 Å². The Morgan fingerprint density at radius 1 is 1.05 bits per heavy atom. The molecular formula is C14H7BrF2O2. The Labute approximate surface area is 115 Å². The number of alkyl halides is 2. The highest BCUT2D eigenvalue weighted by molar-refractivity contribution is 9.10. The number of hydrogen-bond donors (Lipinski definition) is 1. The molecule has 19 heavy (non-hydrogen) atoms. The molecule has 2 nitrogen and oxygen atoms in total. The predicted octanol–water partition coefficient (Wildman–Crippen LogP) is 4.27. The van der Waals surface area contributed by atoms with Crippen molar-refractivity contribution in [2.45, 2.75) is 5.92 Å². The Morgan fingerprint density at radius 2 is 1.63 bits per heavy atom. The Balaban J connectivity index is 2.30. The van der Waals surface area contributed by atoms with Crippen LogP contribution in [0.2, 0.25) is 0 Å². The summed E-state index contributed by atoms with van der Waals surface area (Å²) >= 11 is 3.17. The molecule has 5 heteroatoms. The summed E-state index contributed by atoms with van der Waals surface area (Å²) < 4.78 is 29.2. The minimum atomic E-state index is -3.17. The third-order valence-corrected chi connectivity index (χ3v) is 3.71. The number of aromatic carboxylic acids is 1. The van der Waals surface area contributed by atoms with E-state index in [1.807, 2.05) is 0 Å². The molecule has 0 aromatic heterocycles. The van der Waals surface area contributed by atoms with Gasteiger partial charge >= 0.3 is 5.97 Å². The molecule has 0 unspecified atom stereocenters. The van der Waals surface area contributed by atoms with E-state index in [1.165, 1.54) is 18.2 Å². The Morgan fingerprint density at radius 3 is 2.26 bits per heavy atom. The lowest BCUT2D eigenvalue weighted by atomic mass is 10.0. The summed E-state index contributed by atoms with van der Waals surface area (Å²) in [6.45, 7) is 0. The quantitative estimate of drug-likeness (QED) is 0.850. The van der Waals surface area contributed by atoms with Crippen molar-refractivity contribution in [3.05, 3.63) is 57.6 Å². The number of carboxylic acid groups (broad SMARTS) is 1. The van der Waals surface area contributed by atoms with Crippen LogP contribution in [0.5, 0.6) is 0 Å². The average molecular weight is 325 g/mol. The zero-order valence-electron chi connectivity index (χ0n) is 9.45. The van der Waals surface area contributed by atoms with Gasteiger partial charge in [0.05, 0.1) is 5.56 Å². The van der Waals surface area contributed by atoms with Gasteiger partial charge in [-0.25, -0.2) is 4.79 Å². The summed E-state index contributed by atoms with van der Waals surface area (Å²) in [5, 5.41) is 8.89. The minimum Gasteiger partial charge on any atom is -0.478 e. The topological polar surface area (TPSA) is 37.3 Å². The van der Waals surface area contributed by atoms with Crippen molar-refractivity contribution in [1.29, 1.82) is 0 Å². The fraction of sp³-hybridized carbons (Fsp3) is 0.0714. The molecule has 0 heterocycles. The van der Waals surface area contributed by atoms with E-state index < -0.39 is 11.9 Å². The third kappa shape index (κ3) is 1.69. The second kappa shape index (κ2) is 3.87. The van der Waals surface area contributed by atoms with Crippen LogP contribution in [0.1, 0.15) is 21.5 Å². The van der Waals surface area contributed by atoms with Crippen LogP contribution in [-0.4, -0.2) is 11.1 Å². The van der Waals surface area contributed by atoms with E-state index in [4.69, 9.17) is 5.11 Å². The van der Waals surface area contributed by atoms with Gasteiger partial charge in [-0.2, -0.15) is 8.78 Å². The molecule has 1 N–H and O–H groups in total. The summed E-state index contributed by atoms with van der Waals surface area (Å²) in [4.78, 5) is 10.9. The van der Waals surface area contributed by atoms with Crippen LogP contribution in [0.3, 0.4) is 0 Å². The Kier molecular flexibility index (Phi) is 2.50. The standard InChI is InChI=1S/C14H7BrF2O2/c15-8-2-4-10-9-3-1-7(13(18)19)5-11(9)14(16,17)12(10)6-8/h1-6H,(H,18,19). The van der Waals surface area contributed by atoms with Crippen molar-refractivity contribution in [3.8, 4) is 11.1 Å². The zero-order chi connectivity index (χ0) is 13.8. The Hall–Kier alpha value is -1.75. The van der Waals surface area contributed by atoms with Gasteiger partial charge in [0, 0.05) is 15.6 Å². The van der Waals surface area contributed by atoms with E-state index in [-0.39, 0.29) is 16.7 Å².